The Morgan fingerprint density at radius 2 is 2.23 bits per heavy atom. The minimum atomic E-state index is 0. The number of fused-ring (bicyclic) bond motifs is 1. The predicted octanol–water partition coefficient (Wildman–Crippen LogP) is 0.918. The average molecular weight is 199 g/mol. The molecule has 0 aliphatic carbocycles. The lowest BCUT2D eigenvalue weighted by atomic mass is 10.3. The maximum Gasteiger partial charge on any atom is 0.163 e. The van der Waals surface area contributed by atoms with Crippen LogP contribution in [0.1, 0.15) is 11.4 Å². The van der Waals surface area contributed by atoms with E-state index in [0.29, 0.717) is 6.54 Å². The van der Waals surface area contributed by atoms with Crippen LogP contribution in [0.5, 0.6) is 0 Å². The van der Waals surface area contributed by atoms with Gasteiger partial charge < -0.3 is 5.73 Å². The molecular weight excluding hydrogens is 188 g/mol. The Morgan fingerprint density at radius 1 is 1.46 bits per heavy atom. The van der Waals surface area contributed by atoms with Gasteiger partial charge in [-0.05, 0) is 18.6 Å². The fraction of sp³-hybridized carbons (Fsp3) is 0.250. The van der Waals surface area contributed by atoms with Crippen molar-refractivity contribution in [3.8, 4) is 0 Å². The first-order valence-corrected chi connectivity index (χ1v) is 3.82. The van der Waals surface area contributed by atoms with Crippen LogP contribution in [-0.2, 0) is 6.54 Å². The Balaban J connectivity index is 0.000000845. The van der Waals surface area contributed by atoms with Crippen LogP contribution in [-0.4, -0.2) is 14.6 Å². The highest BCUT2D eigenvalue weighted by Gasteiger charge is 2.03. The van der Waals surface area contributed by atoms with Gasteiger partial charge in [-0.1, -0.05) is 6.07 Å². The van der Waals surface area contributed by atoms with E-state index in [-0.39, 0.29) is 12.4 Å². The molecule has 0 saturated carbocycles. The molecule has 70 valence electrons. The standard InChI is InChI=1S/C8H10N4.ClH/c1-6-3-2-4-12-7(5-9)10-11-8(6)12;/h2-4H,5,9H2,1H3;1H. The quantitative estimate of drug-likeness (QED) is 0.742. The van der Waals surface area contributed by atoms with Crippen LogP contribution in [0.25, 0.3) is 5.65 Å². The molecule has 0 saturated heterocycles. The summed E-state index contributed by atoms with van der Waals surface area (Å²) in [6.07, 6.45) is 1.92. The van der Waals surface area contributed by atoms with Gasteiger partial charge in [0.1, 0.15) is 0 Å². The molecule has 0 spiro atoms. The molecule has 0 aromatic carbocycles. The monoisotopic (exact) mass is 198 g/mol. The molecule has 2 aromatic heterocycles. The molecule has 0 radical (unpaired) electrons. The van der Waals surface area contributed by atoms with Crippen molar-refractivity contribution < 1.29 is 0 Å². The number of aryl methyl sites for hydroxylation is 1. The summed E-state index contributed by atoms with van der Waals surface area (Å²) in [7, 11) is 0. The van der Waals surface area contributed by atoms with Crippen molar-refractivity contribution >= 4 is 18.1 Å². The van der Waals surface area contributed by atoms with E-state index in [0.717, 1.165) is 17.0 Å². The molecule has 2 N–H and O–H groups in total. The second kappa shape index (κ2) is 3.72. The van der Waals surface area contributed by atoms with E-state index in [9.17, 15) is 0 Å². The molecule has 0 bridgehead atoms. The molecule has 2 heterocycles. The summed E-state index contributed by atoms with van der Waals surface area (Å²) in [5, 5.41) is 7.98. The van der Waals surface area contributed by atoms with Crippen molar-refractivity contribution in [3.63, 3.8) is 0 Å². The van der Waals surface area contributed by atoms with Crippen LogP contribution in [0.4, 0.5) is 0 Å². The summed E-state index contributed by atoms with van der Waals surface area (Å²) >= 11 is 0. The molecule has 0 aliphatic heterocycles. The van der Waals surface area contributed by atoms with E-state index in [1.807, 2.05) is 29.7 Å². The predicted molar refractivity (Wildman–Crippen MR) is 52.9 cm³/mol. The zero-order chi connectivity index (χ0) is 8.55. The summed E-state index contributed by atoms with van der Waals surface area (Å²) in [5.41, 5.74) is 7.49. The van der Waals surface area contributed by atoms with Gasteiger partial charge in [-0.3, -0.25) is 4.40 Å². The molecule has 0 amide bonds. The Kier molecular flexibility index (Phi) is 2.85. The lowest BCUT2D eigenvalue weighted by Crippen LogP contribution is -2.02. The van der Waals surface area contributed by atoms with Crippen LogP contribution < -0.4 is 5.73 Å². The van der Waals surface area contributed by atoms with Crippen molar-refractivity contribution in [2.45, 2.75) is 13.5 Å². The normalized spacial score (nSPS) is 10.0. The lowest BCUT2D eigenvalue weighted by Gasteiger charge is -1.96. The van der Waals surface area contributed by atoms with Crippen molar-refractivity contribution in [2.75, 3.05) is 0 Å². The molecule has 13 heavy (non-hydrogen) atoms. The van der Waals surface area contributed by atoms with Crippen molar-refractivity contribution in [3.05, 3.63) is 29.7 Å². The van der Waals surface area contributed by atoms with Crippen LogP contribution in [0.3, 0.4) is 0 Å². The molecule has 2 aromatic rings. The average Bonchev–Trinajstić information content (AvgIpc) is 2.49. The summed E-state index contributed by atoms with van der Waals surface area (Å²) in [5.74, 6) is 0.800. The van der Waals surface area contributed by atoms with E-state index >= 15 is 0 Å². The van der Waals surface area contributed by atoms with Gasteiger partial charge in [-0.15, -0.1) is 22.6 Å². The maximum absolute atomic E-state index is 5.49. The van der Waals surface area contributed by atoms with E-state index in [4.69, 9.17) is 5.73 Å². The highest BCUT2D eigenvalue weighted by molar-refractivity contribution is 5.85. The highest BCUT2D eigenvalue weighted by Crippen LogP contribution is 2.07. The van der Waals surface area contributed by atoms with E-state index in [1.165, 1.54) is 0 Å². The van der Waals surface area contributed by atoms with Crippen molar-refractivity contribution in [1.82, 2.24) is 14.6 Å². The molecular formula is C8H11ClN4. The smallest absolute Gasteiger partial charge is 0.163 e. The first-order valence-electron chi connectivity index (χ1n) is 3.82. The number of hydrogen-bond donors (Lipinski definition) is 1. The highest BCUT2D eigenvalue weighted by atomic mass is 35.5. The van der Waals surface area contributed by atoms with Crippen LogP contribution in [0.2, 0.25) is 0 Å². The van der Waals surface area contributed by atoms with Crippen LogP contribution in [0, 0.1) is 6.92 Å². The second-order valence-corrected chi connectivity index (χ2v) is 2.71. The van der Waals surface area contributed by atoms with Gasteiger partial charge in [0, 0.05) is 6.20 Å². The first kappa shape index (κ1) is 9.95. The Bertz CT molecular complexity index is 409. The third-order valence-corrected chi connectivity index (χ3v) is 1.88. The number of halogens is 1. The molecule has 2 rings (SSSR count). The third-order valence-electron chi connectivity index (χ3n) is 1.88. The second-order valence-electron chi connectivity index (χ2n) is 2.71. The SMILES string of the molecule is Cc1cccn2c(CN)nnc12.Cl. The van der Waals surface area contributed by atoms with Crippen LogP contribution in [0.15, 0.2) is 18.3 Å². The molecule has 0 atom stereocenters. The number of hydrogen-bond acceptors (Lipinski definition) is 3. The lowest BCUT2D eigenvalue weighted by molar-refractivity contribution is 0.882. The van der Waals surface area contributed by atoms with E-state index in [2.05, 4.69) is 10.2 Å². The Morgan fingerprint density at radius 3 is 2.92 bits per heavy atom. The van der Waals surface area contributed by atoms with Gasteiger partial charge in [0.05, 0.1) is 6.54 Å². The van der Waals surface area contributed by atoms with E-state index < -0.39 is 0 Å². The molecule has 0 aliphatic rings. The molecule has 0 unspecified atom stereocenters. The fourth-order valence-corrected chi connectivity index (χ4v) is 1.24. The number of rotatable bonds is 1. The number of nitrogens with two attached hydrogens (primary N) is 1. The third kappa shape index (κ3) is 1.50. The van der Waals surface area contributed by atoms with E-state index in [1.54, 1.807) is 0 Å². The fourth-order valence-electron chi connectivity index (χ4n) is 1.24. The van der Waals surface area contributed by atoms with Crippen LogP contribution >= 0.6 is 12.4 Å². The van der Waals surface area contributed by atoms with Gasteiger partial charge in [-0.25, -0.2) is 0 Å². The maximum atomic E-state index is 5.49. The minimum Gasteiger partial charge on any atom is -0.324 e. The number of pyridine rings is 1. The summed E-state index contributed by atoms with van der Waals surface area (Å²) < 4.78 is 1.91. The topological polar surface area (TPSA) is 56.2 Å². The van der Waals surface area contributed by atoms with Gasteiger partial charge in [0.15, 0.2) is 11.5 Å². The minimum absolute atomic E-state index is 0. The first-order chi connectivity index (χ1) is 5.83. The van der Waals surface area contributed by atoms with Crippen molar-refractivity contribution in [2.24, 2.45) is 5.73 Å². The number of nitrogens with zero attached hydrogens (tertiary/aromatic N) is 3. The summed E-state index contributed by atoms with van der Waals surface area (Å²) in [6.45, 7) is 2.43. The number of aromatic nitrogens is 3. The van der Waals surface area contributed by atoms with Crippen molar-refractivity contribution in [1.29, 1.82) is 0 Å². The summed E-state index contributed by atoms with van der Waals surface area (Å²) in [4.78, 5) is 0. The largest absolute Gasteiger partial charge is 0.324 e. The molecule has 5 heteroatoms. The summed E-state index contributed by atoms with van der Waals surface area (Å²) in [6, 6.07) is 3.97. The van der Waals surface area contributed by atoms with Gasteiger partial charge in [0.25, 0.3) is 0 Å². The Labute approximate surface area is 82.2 Å². The molecule has 4 nitrogen and oxygen atoms in total. The molecule has 0 fully saturated rings. The van der Waals surface area contributed by atoms with Gasteiger partial charge in [0.2, 0.25) is 0 Å². The van der Waals surface area contributed by atoms with Gasteiger partial charge in [-0.2, -0.15) is 0 Å². The Hall–Kier alpha value is -1.13. The zero-order valence-electron chi connectivity index (χ0n) is 7.27. The van der Waals surface area contributed by atoms with Gasteiger partial charge >= 0.3 is 0 Å². The zero-order valence-corrected chi connectivity index (χ0v) is 8.08.